The van der Waals surface area contributed by atoms with Gasteiger partial charge in [-0.15, -0.1) is 0 Å². The molecule has 0 unspecified atom stereocenters. The number of carbonyl (C=O) groups is 2. The van der Waals surface area contributed by atoms with E-state index in [0.717, 1.165) is 5.56 Å². The molecule has 1 aliphatic rings. The predicted molar refractivity (Wildman–Crippen MR) is 103 cm³/mol. The fourth-order valence-corrected chi connectivity index (χ4v) is 3.13. The lowest BCUT2D eigenvalue weighted by Crippen LogP contribution is -2.35. The van der Waals surface area contributed by atoms with Gasteiger partial charge in [-0.05, 0) is 33.2 Å². The van der Waals surface area contributed by atoms with E-state index in [2.05, 4.69) is 4.98 Å². The third-order valence-corrected chi connectivity index (χ3v) is 4.62. The van der Waals surface area contributed by atoms with Gasteiger partial charge >= 0.3 is 0 Å². The molecule has 1 atom stereocenters. The van der Waals surface area contributed by atoms with E-state index in [0.29, 0.717) is 24.3 Å². The molecular formula is C21H23N3O3. The van der Waals surface area contributed by atoms with Crippen LogP contribution in [0.15, 0.2) is 54.2 Å². The van der Waals surface area contributed by atoms with E-state index in [1.165, 1.54) is 4.90 Å². The summed E-state index contributed by atoms with van der Waals surface area (Å²) < 4.78 is 0. The highest BCUT2D eigenvalue weighted by molar-refractivity contribution is 6.46. The number of hydrogen-bond acceptors (Lipinski definition) is 5. The molecule has 1 amide bonds. The zero-order valence-corrected chi connectivity index (χ0v) is 15.7. The number of hydrogen-bond donors (Lipinski definition) is 1. The number of aryl methyl sites for hydroxylation is 1. The molecule has 140 valence electrons. The van der Waals surface area contributed by atoms with Crippen molar-refractivity contribution < 1.29 is 14.7 Å². The Hall–Kier alpha value is -2.99. The summed E-state index contributed by atoms with van der Waals surface area (Å²) in [7, 11) is 3.80. The number of aliphatic hydroxyl groups is 1. The van der Waals surface area contributed by atoms with Crippen LogP contribution >= 0.6 is 0 Å². The SMILES string of the molecule is Cc1ccc(C(O)=C2C(=O)C(=O)N(CCN(C)C)[C@@H]2c2ccccn2)cc1. The minimum Gasteiger partial charge on any atom is -0.507 e. The van der Waals surface area contributed by atoms with Gasteiger partial charge in [0.2, 0.25) is 0 Å². The van der Waals surface area contributed by atoms with Crippen LogP contribution in [0.25, 0.3) is 5.76 Å². The van der Waals surface area contributed by atoms with Crippen molar-refractivity contribution in [2.45, 2.75) is 13.0 Å². The fourth-order valence-electron chi connectivity index (χ4n) is 3.13. The highest BCUT2D eigenvalue weighted by atomic mass is 16.3. The molecule has 0 bridgehead atoms. The van der Waals surface area contributed by atoms with Crippen molar-refractivity contribution in [2.75, 3.05) is 27.2 Å². The number of likely N-dealkylation sites (N-methyl/N-ethyl adjacent to an activating group) is 1. The average molecular weight is 365 g/mol. The van der Waals surface area contributed by atoms with Crippen molar-refractivity contribution >= 4 is 17.4 Å². The topological polar surface area (TPSA) is 73.7 Å². The average Bonchev–Trinajstić information content (AvgIpc) is 2.91. The normalized spacial score (nSPS) is 19.1. The third-order valence-electron chi connectivity index (χ3n) is 4.62. The first-order chi connectivity index (χ1) is 12.9. The lowest BCUT2D eigenvalue weighted by molar-refractivity contribution is -0.140. The monoisotopic (exact) mass is 365 g/mol. The zero-order valence-electron chi connectivity index (χ0n) is 15.7. The van der Waals surface area contributed by atoms with Crippen molar-refractivity contribution in [3.63, 3.8) is 0 Å². The summed E-state index contributed by atoms with van der Waals surface area (Å²) in [6.07, 6.45) is 1.62. The number of ketones is 1. The molecule has 1 fully saturated rings. The van der Waals surface area contributed by atoms with Gasteiger partial charge in [0.1, 0.15) is 11.8 Å². The molecule has 1 saturated heterocycles. The first-order valence-electron chi connectivity index (χ1n) is 8.81. The van der Waals surface area contributed by atoms with E-state index >= 15 is 0 Å². The van der Waals surface area contributed by atoms with Crippen LogP contribution in [-0.4, -0.2) is 58.8 Å². The van der Waals surface area contributed by atoms with Gasteiger partial charge in [-0.3, -0.25) is 14.6 Å². The highest BCUT2D eigenvalue weighted by Gasteiger charge is 2.46. The van der Waals surface area contributed by atoms with Crippen LogP contribution in [0.3, 0.4) is 0 Å². The number of pyridine rings is 1. The lowest BCUT2D eigenvalue weighted by atomic mass is 9.98. The molecule has 0 aliphatic carbocycles. The van der Waals surface area contributed by atoms with E-state index in [-0.39, 0.29) is 11.3 Å². The van der Waals surface area contributed by atoms with Gasteiger partial charge in [0, 0.05) is 24.8 Å². The van der Waals surface area contributed by atoms with Crippen LogP contribution in [0.1, 0.15) is 22.9 Å². The van der Waals surface area contributed by atoms with Gasteiger partial charge in [-0.2, -0.15) is 0 Å². The first kappa shape index (κ1) is 18.8. The highest BCUT2D eigenvalue weighted by Crippen LogP contribution is 2.38. The molecule has 1 aliphatic heterocycles. The number of likely N-dealkylation sites (tertiary alicyclic amines) is 1. The van der Waals surface area contributed by atoms with Gasteiger partial charge in [0.25, 0.3) is 11.7 Å². The molecule has 27 heavy (non-hydrogen) atoms. The molecular weight excluding hydrogens is 342 g/mol. The second kappa shape index (κ2) is 7.72. The number of aromatic nitrogens is 1. The predicted octanol–water partition coefficient (Wildman–Crippen LogP) is 2.37. The number of benzene rings is 1. The molecule has 1 N–H and O–H groups in total. The van der Waals surface area contributed by atoms with Gasteiger partial charge in [-0.25, -0.2) is 0 Å². The first-order valence-corrected chi connectivity index (χ1v) is 8.81. The standard InChI is InChI=1S/C21H23N3O3/c1-14-7-9-15(10-8-14)19(25)17-18(16-6-4-5-11-22-16)24(13-12-23(2)3)21(27)20(17)26/h4-11,18,25H,12-13H2,1-3H3/t18-/m1/s1. The Labute approximate surface area is 158 Å². The third kappa shape index (κ3) is 3.75. The summed E-state index contributed by atoms with van der Waals surface area (Å²) in [5.41, 5.74) is 2.19. The van der Waals surface area contributed by atoms with Crippen molar-refractivity contribution in [3.8, 4) is 0 Å². The number of Topliss-reactive ketones (excluding diaryl/α,β-unsaturated/α-hetero) is 1. The van der Waals surface area contributed by atoms with Crippen molar-refractivity contribution in [1.29, 1.82) is 0 Å². The Balaban J connectivity index is 2.12. The Morgan fingerprint density at radius 1 is 1.15 bits per heavy atom. The van der Waals surface area contributed by atoms with E-state index in [4.69, 9.17) is 0 Å². The molecule has 6 heteroatoms. The van der Waals surface area contributed by atoms with Crippen LogP contribution in [0, 0.1) is 6.92 Å². The second-order valence-electron chi connectivity index (χ2n) is 6.92. The van der Waals surface area contributed by atoms with Crippen molar-refractivity contribution in [2.24, 2.45) is 0 Å². The molecule has 1 aromatic carbocycles. The van der Waals surface area contributed by atoms with E-state index in [1.54, 1.807) is 36.5 Å². The van der Waals surface area contributed by atoms with E-state index in [1.807, 2.05) is 38.1 Å². The van der Waals surface area contributed by atoms with Crippen LogP contribution < -0.4 is 0 Å². The summed E-state index contributed by atoms with van der Waals surface area (Å²) in [5.74, 6) is -1.46. The minimum absolute atomic E-state index is 0.0845. The number of nitrogens with zero attached hydrogens (tertiary/aromatic N) is 3. The molecule has 0 saturated carbocycles. The molecule has 1 aromatic heterocycles. The maximum atomic E-state index is 12.8. The molecule has 2 heterocycles. The summed E-state index contributed by atoms with van der Waals surface area (Å²) in [6.45, 7) is 2.91. The van der Waals surface area contributed by atoms with Gasteiger partial charge in [-0.1, -0.05) is 35.9 Å². The number of amides is 1. The summed E-state index contributed by atoms with van der Waals surface area (Å²) >= 11 is 0. The van der Waals surface area contributed by atoms with E-state index < -0.39 is 17.7 Å². The van der Waals surface area contributed by atoms with Crippen LogP contribution in [0.4, 0.5) is 0 Å². The number of carbonyl (C=O) groups excluding carboxylic acids is 2. The van der Waals surface area contributed by atoms with Crippen molar-refractivity contribution in [3.05, 3.63) is 71.1 Å². The summed E-state index contributed by atoms with van der Waals surface area (Å²) in [4.78, 5) is 33.2. The summed E-state index contributed by atoms with van der Waals surface area (Å²) in [5, 5.41) is 10.9. The number of aliphatic hydroxyl groups excluding tert-OH is 1. The lowest BCUT2D eigenvalue weighted by Gasteiger charge is -2.25. The largest absolute Gasteiger partial charge is 0.507 e. The van der Waals surface area contributed by atoms with Gasteiger partial charge in [0.05, 0.1) is 11.3 Å². The van der Waals surface area contributed by atoms with Gasteiger partial charge in [0.15, 0.2) is 0 Å². The van der Waals surface area contributed by atoms with Crippen LogP contribution in [0.5, 0.6) is 0 Å². The Bertz CT molecular complexity index is 873. The Morgan fingerprint density at radius 3 is 2.44 bits per heavy atom. The molecule has 6 nitrogen and oxygen atoms in total. The molecule has 3 rings (SSSR count). The smallest absolute Gasteiger partial charge is 0.295 e. The van der Waals surface area contributed by atoms with Crippen LogP contribution in [0.2, 0.25) is 0 Å². The molecule has 2 aromatic rings. The maximum Gasteiger partial charge on any atom is 0.295 e. The maximum absolute atomic E-state index is 12.8. The Kier molecular flexibility index (Phi) is 5.37. The number of rotatable bonds is 5. The second-order valence-corrected chi connectivity index (χ2v) is 6.92. The van der Waals surface area contributed by atoms with Crippen molar-refractivity contribution in [1.82, 2.24) is 14.8 Å². The van der Waals surface area contributed by atoms with Crippen LogP contribution in [-0.2, 0) is 9.59 Å². The van der Waals surface area contributed by atoms with E-state index in [9.17, 15) is 14.7 Å². The minimum atomic E-state index is -0.701. The Morgan fingerprint density at radius 2 is 1.85 bits per heavy atom. The van der Waals surface area contributed by atoms with Gasteiger partial charge < -0.3 is 14.9 Å². The quantitative estimate of drug-likeness (QED) is 0.500. The zero-order chi connectivity index (χ0) is 19.6. The fraction of sp³-hybridized carbons (Fsp3) is 0.286. The summed E-state index contributed by atoms with van der Waals surface area (Å²) in [6, 6.07) is 11.8. The molecule has 0 spiro atoms. The molecule has 0 radical (unpaired) electrons.